The van der Waals surface area contributed by atoms with Crippen LogP contribution in [-0.4, -0.2) is 18.3 Å². The van der Waals surface area contributed by atoms with E-state index in [2.05, 4.69) is 34.9 Å². The highest BCUT2D eigenvalue weighted by atomic mass is 15.0. The highest BCUT2D eigenvalue weighted by Gasteiger charge is 2.21. The minimum Gasteiger partial charge on any atom is -0.398 e. The summed E-state index contributed by atoms with van der Waals surface area (Å²) in [5.74, 6) is 0. The Morgan fingerprint density at radius 1 is 0.870 bits per heavy atom. The average molecular weight is 308 g/mol. The van der Waals surface area contributed by atoms with Crippen molar-refractivity contribution < 1.29 is 0 Å². The number of anilines is 3. The molecule has 0 unspecified atom stereocenters. The molecule has 120 valence electrons. The predicted molar refractivity (Wildman–Crippen MR) is 98.5 cm³/mol. The van der Waals surface area contributed by atoms with Crippen LogP contribution in [0.15, 0.2) is 48.5 Å². The van der Waals surface area contributed by atoms with Gasteiger partial charge in [0.05, 0.1) is 0 Å². The van der Waals surface area contributed by atoms with E-state index in [4.69, 9.17) is 11.1 Å². The van der Waals surface area contributed by atoms with E-state index < -0.39 is 0 Å². The van der Waals surface area contributed by atoms with Gasteiger partial charge in [-0.2, -0.15) is 0 Å². The Bertz CT molecular complexity index is 646. The van der Waals surface area contributed by atoms with E-state index in [-0.39, 0.29) is 0 Å². The number of nitrogen functional groups attached to an aromatic ring is 1. The third kappa shape index (κ3) is 4.03. The van der Waals surface area contributed by atoms with Gasteiger partial charge < -0.3 is 21.8 Å². The van der Waals surface area contributed by atoms with Gasteiger partial charge >= 0.3 is 0 Å². The first-order chi connectivity index (χ1) is 11.2. The Morgan fingerprint density at radius 3 is 2.09 bits per heavy atom. The van der Waals surface area contributed by atoms with Crippen molar-refractivity contribution in [3.8, 4) is 0 Å². The molecule has 3 rings (SSSR count). The van der Waals surface area contributed by atoms with Crippen LogP contribution in [0.4, 0.5) is 17.1 Å². The van der Waals surface area contributed by atoms with Gasteiger partial charge in [-0.3, -0.25) is 0 Å². The van der Waals surface area contributed by atoms with Crippen LogP contribution in [0.2, 0.25) is 0 Å². The number of hydrogen-bond donors (Lipinski definition) is 4. The molecule has 5 N–H and O–H groups in total. The molecule has 1 aliphatic carbocycles. The van der Waals surface area contributed by atoms with E-state index in [0.717, 1.165) is 24.1 Å². The van der Waals surface area contributed by atoms with Gasteiger partial charge in [0.2, 0.25) is 0 Å². The van der Waals surface area contributed by atoms with Crippen molar-refractivity contribution >= 4 is 23.3 Å². The maximum atomic E-state index is 7.39. The van der Waals surface area contributed by atoms with Gasteiger partial charge in [-0.05, 0) is 56.0 Å². The molecule has 2 aromatic carbocycles. The molecule has 23 heavy (non-hydrogen) atoms. The third-order valence-corrected chi connectivity index (χ3v) is 4.48. The van der Waals surface area contributed by atoms with Crippen LogP contribution in [0.1, 0.15) is 31.2 Å². The Balaban J connectivity index is 1.52. The number of nitrogens with two attached hydrogens (primary N) is 1. The van der Waals surface area contributed by atoms with Crippen molar-refractivity contribution in [2.24, 2.45) is 0 Å². The van der Waals surface area contributed by atoms with Crippen LogP contribution < -0.4 is 16.4 Å². The van der Waals surface area contributed by atoms with E-state index in [1.54, 1.807) is 0 Å². The molecule has 0 atom stereocenters. The van der Waals surface area contributed by atoms with Gasteiger partial charge in [-0.1, -0.05) is 18.2 Å². The Kier molecular flexibility index (Phi) is 4.81. The minimum absolute atomic E-state index is 0.492. The number of hydrogen-bond acceptors (Lipinski definition) is 4. The summed E-state index contributed by atoms with van der Waals surface area (Å²) in [5.41, 5.74) is 9.52. The van der Waals surface area contributed by atoms with Crippen LogP contribution in [0.25, 0.3) is 0 Å². The smallest absolute Gasteiger partial charge is 0.0404 e. The summed E-state index contributed by atoms with van der Waals surface area (Å²) in [6.45, 7) is 0. The SMILES string of the molecule is N=Cc1cc(NC2CCC(Nc3ccccc3)CC2)ccc1N. The number of benzene rings is 2. The Hall–Kier alpha value is -2.49. The summed E-state index contributed by atoms with van der Waals surface area (Å²) in [4.78, 5) is 0. The van der Waals surface area contributed by atoms with Crippen LogP contribution in [0.5, 0.6) is 0 Å². The quantitative estimate of drug-likeness (QED) is 0.496. The lowest BCUT2D eigenvalue weighted by molar-refractivity contribution is 0.429. The molecule has 1 saturated carbocycles. The Labute approximate surface area is 137 Å². The van der Waals surface area contributed by atoms with Crippen molar-refractivity contribution in [3.05, 3.63) is 54.1 Å². The fourth-order valence-electron chi connectivity index (χ4n) is 3.18. The van der Waals surface area contributed by atoms with Crippen LogP contribution >= 0.6 is 0 Å². The molecule has 1 fully saturated rings. The summed E-state index contributed by atoms with van der Waals surface area (Å²) in [6.07, 6.45) is 5.93. The summed E-state index contributed by atoms with van der Waals surface area (Å²) in [7, 11) is 0. The molecular weight excluding hydrogens is 284 g/mol. The Morgan fingerprint density at radius 2 is 1.48 bits per heavy atom. The van der Waals surface area contributed by atoms with Gasteiger partial charge in [-0.15, -0.1) is 0 Å². The molecule has 0 saturated heterocycles. The molecular formula is C19H24N4. The highest BCUT2D eigenvalue weighted by Crippen LogP contribution is 2.25. The monoisotopic (exact) mass is 308 g/mol. The van der Waals surface area contributed by atoms with Crippen molar-refractivity contribution in [3.63, 3.8) is 0 Å². The van der Waals surface area contributed by atoms with Crippen molar-refractivity contribution in [2.45, 2.75) is 37.8 Å². The van der Waals surface area contributed by atoms with Gasteiger partial charge in [0, 0.05) is 40.9 Å². The summed E-state index contributed by atoms with van der Waals surface area (Å²) < 4.78 is 0. The van der Waals surface area contributed by atoms with Gasteiger partial charge in [0.15, 0.2) is 0 Å². The molecule has 4 nitrogen and oxygen atoms in total. The van der Waals surface area contributed by atoms with Gasteiger partial charge in [-0.25, -0.2) is 0 Å². The lowest BCUT2D eigenvalue weighted by Crippen LogP contribution is -2.32. The third-order valence-electron chi connectivity index (χ3n) is 4.48. The van der Waals surface area contributed by atoms with Crippen LogP contribution in [0, 0.1) is 5.41 Å². The van der Waals surface area contributed by atoms with Crippen molar-refractivity contribution in [1.29, 1.82) is 5.41 Å². The van der Waals surface area contributed by atoms with E-state index >= 15 is 0 Å². The minimum atomic E-state index is 0.492. The molecule has 1 aliphatic rings. The second-order valence-electron chi connectivity index (χ2n) is 6.19. The topological polar surface area (TPSA) is 73.9 Å². The fourth-order valence-corrected chi connectivity index (χ4v) is 3.18. The summed E-state index contributed by atoms with van der Waals surface area (Å²) in [6, 6.07) is 17.3. The molecule has 0 bridgehead atoms. The van der Waals surface area contributed by atoms with Gasteiger partial charge in [0.1, 0.15) is 0 Å². The zero-order valence-corrected chi connectivity index (χ0v) is 13.3. The maximum Gasteiger partial charge on any atom is 0.0404 e. The van der Waals surface area contributed by atoms with E-state index in [9.17, 15) is 0 Å². The molecule has 4 heteroatoms. The van der Waals surface area contributed by atoms with E-state index in [1.807, 2.05) is 24.3 Å². The first kappa shape index (κ1) is 15.4. The molecule has 0 amide bonds. The molecule has 0 aliphatic heterocycles. The normalized spacial score (nSPS) is 20.7. The second kappa shape index (κ2) is 7.18. The zero-order valence-electron chi connectivity index (χ0n) is 13.3. The summed E-state index contributed by atoms with van der Waals surface area (Å²) >= 11 is 0. The summed E-state index contributed by atoms with van der Waals surface area (Å²) in [5, 5.41) is 14.6. The standard InChI is InChI=1S/C19H24N4/c20-13-14-12-18(10-11-19(14)21)23-17-8-6-16(7-9-17)22-15-4-2-1-3-5-15/h1-5,10-13,16-17,20,22-23H,6-9,21H2. The highest BCUT2D eigenvalue weighted by molar-refractivity contribution is 5.86. The van der Waals surface area contributed by atoms with Crippen molar-refractivity contribution in [2.75, 3.05) is 16.4 Å². The molecule has 0 radical (unpaired) electrons. The fraction of sp³-hybridized carbons (Fsp3) is 0.316. The van der Waals surface area contributed by atoms with Gasteiger partial charge in [0.25, 0.3) is 0 Å². The first-order valence-electron chi connectivity index (χ1n) is 8.23. The zero-order chi connectivity index (χ0) is 16.1. The van der Waals surface area contributed by atoms with Crippen LogP contribution in [-0.2, 0) is 0 Å². The van der Waals surface area contributed by atoms with Crippen molar-refractivity contribution in [1.82, 2.24) is 0 Å². The largest absolute Gasteiger partial charge is 0.398 e. The van der Waals surface area contributed by atoms with Crippen LogP contribution in [0.3, 0.4) is 0 Å². The lowest BCUT2D eigenvalue weighted by atomic mass is 9.90. The van der Waals surface area contributed by atoms with E-state index in [1.165, 1.54) is 24.7 Å². The average Bonchev–Trinajstić information content (AvgIpc) is 2.59. The second-order valence-corrected chi connectivity index (χ2v) is 6.19. The number of rotatable bonds is 5. The lowest BCUT2D eigenvalue weighted by Gasteiger charge is -2.31. The maximum absolute atomic E-state index is 7.39. The first-order valence-corrected chi connectivity index (χ1v) is 8.23. The predicted octanol–water partition coefficient (Wildman–Crippen LogP) is 4.10. The molecule has 0 aromatic heterocycles. The molecule has 2 aromatic rings. The van der Waals surface area contributed by atoms with E-state index in [0.29, 0.717) is 17.8 Å². The number of para-hydroxylation sites is 1. The molecule has 0 heterocycles. The number of nitrogens with one attached hydrogen (secondary N) is 3. The molecule has 0 spiro atoms.